The first kappa shape index (κ1) is 19.3. The van der Waals surface area contributed by atoms with E-state index >= 15 is 0 Å². The van der Waals surface area contributed by atoms with Gasteiger partial charge in [-0.05, 0) is 36.2 Å². The highest BCUT2D eigenvalue weighted by Gasteiger charge is 2.04. The summed E-state index contributed by atoms with van der Waals surface area (Å²) in [4.78, 5) is 15.6. The fourth-order valence-corrected chi connectivity index (χ4v) is 2.27. The van der Waals surface area contributed by atoms with E-state index in [1.54, 1.807) is 19.2 Å². The maximum absolute atomic E-state index is 11.4. The number of ether oxygens (including phenoxy) is 2. The third-order valence-electron chi connectivity index (χ3n) is 3.68. The SMILES string of the molecule is CN=C(NCCCOc1ccccc1)NCc1ccc(C(=O)OC)cc1. The Morgan fingerprint density at radius 3 is 2.42 bits per heavy atom. The highest BCUT2D eigenvalue weighted by molar-refractivity contribution is 5.89. The third kappa shape index (κ3) is 6.47. The predicted molar refractivity (Wildman–Crippen MR) is 103 cm³/mol. The van der Waals surface area contributed by atoms with E-state index in [0.717, 1.165) is 30.2 Å². The quantitative estimate of drug-likeness (QED) is 0.330. The van der Waals surface area contributed by atoms with Gasteiger partial charge in [-0.25, -0.2) is 4.79 Å². The summed E-state index contributed by atoms with van der Waals surface area (Å²) in [5, 5.41) is 6.49. The van der Waals surface area contributed by atoms with Crippen molar-refractivity contribution in [3.63, 3.8) is 0 Å². The average Bonchev–Trinajstić information content (AvgIpc) is 2.70. The van der Waals surface area contributed by atoms with Gasteiger partial charge in [0.05, 0.1) is 19.3 Å². The first-order chi connectivity index (χ1) is 12.7. The van der Waals surface area contributed by atoms with E-state index in [0.29, 0.717) is 18.7 Å². The van der Waals surface area contributed by atoms with Crippen molar-refractivity contribution in [1.29, 1.82) is 0 Å². The molecule has 0 aliphatic rings. The molecule has 2 rings (SSSR count). The van der Waals surface area contributed by atoms with Crippen LogP contribution in [0, 0.1) is 0 Å². The molecule has 0 fully saturated rings. The van der Waals surface area contributed by atoms with Crippen molar-refractivity contribution in [1.82, 2.24) is 10.6 Å². The normalized spacial score (nSPS) is 10.9. The number of carbonyl (C=O) groups is 1. The Morgan fingerprint density at radius 1 is 1.04 bits per heavy atom. The molecule has 0 unspecified atom stereocenters. The highest BCUT2D eigenvalue weighted by atomic mass is 16.5. The second-order valence-electron chi connectivity index (χ2n) is 5.56. The zero-order chi connectivity index (χ0) is 18.6. The summed E-state index contributed by atoms with van der Waals surface area (Å²) in [6.45, 7) is 2.01. The summed E-state index contributed by atoms with van der Waals surface area (Å²) in [6.07, 6.45) is 0.865. The van der Waals surface area contributed by atoms with Crippen LogP contribution in [0.4, 0.5) is 0 Å². The molecule has 2 N–H and O–H groups in total. The number of hydrogen-bond acceptors (Lipinski definition) is 4. The number of esters is 1. The zero-order valence-corrected chi connectivity index (χ0v) is 15.2. The van der Waals surface area contributed by atoms with E-state index in [2.05, 4.69) is 15.6 Å². The standard InChI is InChI=1S/C20H25N3O3/c1-21-20(22-13-6-14-26-18-7-4-3-5-8-18)23-15-16-9-11-17(12-10-16)19(24)25-2/h3-5,7-12H,6,13-15H2,1-2H3,(H2,21,22,23). The number of carbonyl (C=O) groups excluding carboxylic acids is 1. The molecule has 0 spiro atoms. The van der Waals surface area contributed by atoms with E-state index in [4.69, 9.17) is 9.47 Å². The number of hydrogen-bond donors (Lipinski definition) is 2. The van der Waals surface area contributed by atoms with Crippen molar-refractivity contribution in [2.45, 2.75) is 13.0 Å². The Morgan fingerprint density at radius 2 is 1.77 bits per heavy atom. The summed E-state index contributed by atoms with van der Waals surface area (Å²) in [5.74, 6) is 1.27. The van der Waals surface area contributed by atoms with Crippen molar-refractivity contribution >= 4 is 11.9 Å². The van der Waals surface area contributed by atoms with Gasteiger partial charge in [0, 0.05) is 20.1 Å². The molecular formula is C20H25N3O3. The third-order valence-corrected chi connectivity index (χ3v) is 3.68. The van der Waals surface area contributed by atoms with Gasteiger partial charge in [-0.3, -0.25) is 4.99 Å². The molecule has 0 aliphatic carbocycles. The Kier molecular flexibility index (Phi) is 7.99. The monoisotopic (exact) mass is 355 g/mol. The first-order valence-electron chi connectivity index (χ1n) is 8.52. The fourth-order valence-electron chi connectivity index (χ4n) is 2.27. The van der Waals surface area contributed by atoms with E-state index in [1.807, 2.05) is 42.5 Å². The number of aliphatic imine (C=N–C) groups is 1. The fraction of sp³-hybridized carbons (Fsp3) is 0.300. The van der Waals surface area contributed by atoms with Gasteiger partial charge in [-0.15, -0.1) is 0 Å². The number of guanidine groups is 1. The topological polar surface area (TPSA) is 72.0 Å². The van der Waals surface area contributed by atoms with Crippen LogP contribution in [0.15, 0.2) is 59.6 Å². The van der Waals surface area contributed by atoms with Crippen LogP contribution in [-0.4, -0.2) is 39.2 Å². The molecule has 138 valence electrons. The lowest BCUT2D eigenvalue weighted by Gasteiger charge is -2.12. The zero-order valence-electron chi connectivity index (χ0n) is 15.2. The van der Waals surface area contributed by atoms with Crippen molar-refractivity contribution in [3.05, 3.63) is 65.7 Å². The number of rotatable bonds is 8. The van der Waals surface area contributed by atoms with Crippen molar-refractivity contribution in [3.8, 4) is 5.75 Å². The van der Waals surface area contributed by atoms with Crippen LogP contribution in [0.1, 0.15) is 22.3 Å². The lowest BCUT2D eigenvalue weighted by molar-refractivity contribution is 0.0600. The number of para-hydroxylation sites is 1. The van der Waals surface area contributed by atoms with Gasteiger partial charge in [0.25, 0.3) is 0 Å². The van der Waals surface area contributed by atoms with Gasteiger partial charge in [0.15, 0.2) is 5.96 Å². The molecule has 2 aromatic rings. The minimum Gasteiger partial charge on any atom is -0.494 e. The van der Waals surface area contributed by atoms with Crippen molar-refractivity contribution in [2.24, 2.45) is 4.99 Å². The minimum absolute atomic E-state index is 0.334. The van der Waals surface area contributed by atoms with Crippen LogP contribution in [-0.2, 0) is 11.3 Å². The lowest BCUT2D eigenvalue weighted by atomic mass is 10.1. The maximum Gasteiger partial charge on any atom is 0.337 e. The molecule has 0 aromatic heterocycles. The Labute approximate surface area is 154 Å². The van der Waals surface area contributed by atoms with Crippen molar-refractivity contribution < 1.29 is 14.3 Å². The van der Waals surface area contributed by atoms with Crippen LogP contribution in [0.25, 0.3) is 0 Å². The number of nitrogens with one attached hydrogen (secondary N) is 2. The summed E-state index contributed by atoms with van der Waals surface area (Å²) in [7, 11) is 3.11. The molecule has 2 aromatic carbocycles. The van der Waals surface area contributed by atoms with E-state index in [1.165, 1.54) is 7.11 Å². The number of methoxy groups -OCH3 is 1. The molecule has 6 nitrogen and oxygen atoms in total. The smallest absolute Gasteiger partial charge is 0.337 e. The first-order valence-corrected chi connectivity index (χ1v) is 8.52. The van der Waals surface area contributed by atoms with Gasteiger partial charge >= 0.3 is 5.97 Å². The molecule has 6 heteroatoms. The van der Waals surface area contributed by atoms with Gasteiger partial charge in [-0.1, -0.05) is 30.3 Å². The summed E-state index contributed by atoms with van der Waals surface area (Å²) >= 11 is 0. The van der Waals surface area contributed by atoms with Gasteiger partial charge in [0.2, 0.25) is 0 Å². The molecule has 0 amide bonds. The molecule has 0 saturated heterocycles. The second kappa shape index (κ2) is 10.8. The molecule has 0 atom stereocenters. The number of nitrogens with zero attached hydrogens (tertiary/aromatic N) is 1. The molecule has 26 heavy (non-hydrogen) atoms. The van der Waals surface area contributed by atoms with Crippen molar-refractivity contribution in [2.75, 3.05) is 27.3 Å². The summed E-state index contributed by atoms with van der Waals surface area (Å²) < 4.78 is 10.3. The number of benzene rings is 2. The Balaban J connectivity index is 1.66. The van der Waals surface area contributed by atoms with Gasteiger partial charge in [-0.2, -0.15) is 0 Å². The molecule has 0 heterocycles. The molecular weight excluding hydrogens is 330 g/mol. The Hall–Kier alpha value is -3.02. The molecule has 0 saturated carbocycles. The van der Waals surface area contributed by atoms with Crippen LogP contribution in [0.3, 0.4) is 0 Å². The van der Waals surface area contributed by atoms with E-state index in [-0.39, 0.29) is 5.97 Å². The highest BCUT2D eigenvalue weighted by Crippen LogP contribution is 2.08. The van der Waals surface area contributed by atoms with Crippen LogP contribution >= 0.6 is 0 Å². The van der Waals surface area contributed by atoms with Crippen LogP contribution in [0.5, 0.6) is 5.75 Å². The van der Waals surface area contributed by atoms with E-state index in [9.17, 15) is 4.79 Å². The average molecular weight is 355 g/mol. The van der Waals surface area contributed by atoms with Crippen LogP contribution in [0.2, 0.25) is 0 Å². The second-order valence-corrected chi connectivity index (χ2v) is 5.56. The van der Waals surface area contributed by atoms with Gasteiger partial charge in [0.1, 0.15) is 5.75 Å². The molecule has 0 radical (unpaired) electrons. The molecule has 0 aliphatic heterocycles. The summed E-state index contributed by atoms with van der Waals surface area (Å²) in [5.41, 5.74) is 1.59. The van der Waals surface area contributed by atoms with Crippen LogP contribution < -0.4 is 15.4 Å². The van der Waals surface area contributed by atoms with E-state index < -0.39 is 0 Å². The summed E-state index contributed by atoms with van der Waals surface area (Å²) in [6, 6.07) is 17.0. The minimum atomic E-state index is -0.334. The molecule has 0 bridgehead atoms. The largest absolute Gasteiger partial charge is 0.494 e. The van der Waals surface area contributed by atoms with Gasteiger partial charge < -0.3 is 20.1 Å². The Bertz CT molecular complexity index is 700. The lowest BCUT2D eigenvalue weighted by Crippen LogP contribution is -2.37. The maximum atomic E-state index is 11.4. The predicted octanol–water partition coefficient (Wildman–Crippen LogP) is 2.61.